The molecule has 3 rings (SSSR count). The first kappa shape index (κ1) is 20.0. The monoisotopic (exact) mass is 406 g/mol. The lowest BCUT2D eigenvalue weighted by molar-refractivity contribution is -0.121. The molecule has 0 aliphatic carbocycles. The third-order valence-electron chi connectivity index (χ3n) is 4.83. The largest absolute Gasteiger partial charge is 0.351 e. The van der Waals surface area contributed by atoms with Gasteiger partial charge in [0, 0.05) is 24.4 Å². The minimum atomic E-state index is -3.37. The number of aryl methyl sites for hydroxylation is 2. The van der Waals surface area contributed by atoms with Crippen LogP contribution in [0.4, 0.5) is 0 Å². The van der Waals surface area contributed by atoms with Gasteiger partial charge in [-0.2, -0.15) is 4.31 Å². The van der Waals surface area contributed by atoms with Crippen molar-refractivity contribution in [1.29, 1.82) is 0 Å². The van der Waals surface area contributed by atoms with Crippen LogP contribution in [0.25, 0.3) is 0 Å². The molecular formula is C20H26N2O3S2. The third-order valence-corrected chi connectivity index (χ3v) is 8.28. The number of carbonyl (C=O) groups excluding carboxylic acids is 1. The van der Waals surface area contributed by atoms with E-state index in [1.807, 2.05) is 0 Å². The van der Waals surface area contributed by atoms with Crippen molar-refractivity contribution in [2.45, 2.75) is 49.8 Å². The summed E-state index contributed by atoms with van der Waals surface area (Å²) in [6, 6.07) is 11.8. The Morgan fingerprint density at radius 1 is 1.07 bits per heavy atom. The smallest absolute Gasteiger partial charge is 0.252 e. The van der Waals surface area contributed by atoms with Crippen LogP contribution in [0.15, 0.2) is 40.6 Å². The summed E-state index contributed by atoms with van der Waals surface area (Å²) in [6.45, 7) is 3.69. The summed E-state index contributed by atoms with van der Waals surface area (Å²) in [5, 5.41) is 2.89. The number of carbonyl (C=O) groups is 1. The fraction of sp³-hybridized carbons (Fsp3) is 0.450. The number of hydrogen-bond acceptors (Lipinski definition) is 4. The lowest BCUT2D eigenvalue weighted by Gasteiger charge is -2.13. The molecule has 0 saturated carbocycles. The molecule has 1 aromatic carbocycles. The van der Waals surface area contributed by atoms with Crippen LogP contribution in [0.2, 0.25) is 0 Å². The van der Waals surface area contributed by atoms with Gasteiger partial charge in [-0.3, -0.25) is 4.79 Å². The quantitative estimate of drug-likeness (QED) is 0.731. The van der Waals surface area contributed by atoms with Crippen LogP contribution in [-0.4, -0.2) is 31.7 Å². The molecule has 0 bridgehead atoms. The molecule has 1 N–H and O–H groups in total. The van der Waals surface area contributed by atoms with Crippen LogP contribution in [0.5, 0.6) is 0 Å². The molecule has 146 valence electrons. The minimum Gasteiger partial charge on any atom is -0.351 e. The van der Waals surface area contributed by atoms with Gasteiger partial charge < -0.3 is 5.32 Å². The van der Waals surface area contributed by atoms with E-state index in [1.54, 1.807) is 16.4 Å². The van der Waals surface area contributed by atoms with Crippen LogP contribution in [0.3, 0.4) is 0 Å². The van der Waals surface area contributed by atoms with Crippen molar-refractivity contribution < 1.29 is 13.2 Å². The molecule has 0 radical (unpaired) electrons. The van der Waals surface area contributed by atoms with E-state index >= 15 is 0 Å². The summed E-state index contributed by atoms with van der Waals surface area (Å²) < 4.78 is 27.0. The predicted octanol–water partition coefficient (Wildman–Crippen LogP) is 3.34. The molecular weight excluding hydrogens is 380 g/mol. The van der Waals surface area contributed by atoms with Gasteiger partial charge in [0.1, 0.15) is 4.21 Å². The van der Waals surface area contributed by atoms with Crippen molar-refractivity contribution in [3.05, 3.63) is 52.4 Å². The first-order chi connectivity index (χ1) is 13.0. The van der Waals surface area contributed by atoms with Crippen molar-refractivity contribution in [1.82, 2.24) is 9.62 Å². The predicted molar refractivity (Wildman–Crippen MR) is 108 cm³/mol. The van der Waals surface area contributed by atoms with Crippen molar-refractivity contribution >= 4 is 27.3 Å². The van der Waals surface area contributed by atoms with E-state index in [9.17, 15) is 13.2 Å². The highest BCUT2D eigenvalue weighted by atomic mass is 32.2. The lowest BCUT2D eigenvalue weighted by Crippen LogP contribution is -2.27. The Morgan fingerprint density at radius 2 is 1.74 bits per heavy atom. The maximum atomic E-state index is 12.5. The summed E-state index contributed by atoms with van der Waals surface area (Å²) in [7, 11) is -3.37. The topological polar surface area (TPSA) is 66.5 Å². The molecule has 0 spiro atoms. The van der Waals surface area contributed by atoms with Gasteiger partial charge in [-0.25, -0.2) is 8.42 Å². The van der Waals surface area contributed by atoms with Gasteiger partial charge in [-0.05, 0) is 48.9 Å². The summed E-state index contributed by atoms with van der Waals surface area (Å²) >= 11 is 1.24. The van der Waals surface area contributed by atoms with E-state index in [1.165, 1.54) is 16.9 Å². The first-order valence-corrected chi connectivity index (χ1v) is 11.7. The Hall–Kier alpha value is -1.70. The maximum Gasteiger partial charge on any atom is 0.252 e. The first-order valence-electron chi connectivity index (χ1n) is 9.42. The fourth-order valence-electron chi connectivity index (χ4n) is 3.12. The highest BCUT2D eigenvalue weighted by molar-refractivity contribution is 7.91. The average molecular weight is 407 g/mol. The van der Waals surface area contributed by atoms with Crippen molar-refractivity contribution in [2.24, 2.45) is 0 Å². The van der Waals surface area contributed by atoms with Crippen molar-refractivity contribution in [3.63, 3.8) is 0 Å². The van der Waals surface area contributed by atoms with Crippen LogP contribution < -0.4 is 5.32 Å². The standard InChI is InChI=1S/C20H26N2O3S2/c1-2-16-5-7-17(8-6-16)9-11-19(23)21-15-18-10-12-20(26-18)27(24,25)22-13-3-4-14-22/h5-8,10,12H,2-4,9,11,13-15H2,1H3,(H,21,23). The fourth-order valence-corrected chi connectivity index (χ4v) is 6.09. The van der Waals surface area contributed by atoms with E-state index in [-0.39, 0.29) is 5.91 Å². The number of thiophene rings is 1. The number of sulfonamides is 1. The van der Waals surface area contributed by atoms with E-state index in [0.29, 0.717) is 36.7 Å². The molecule has 27 heavy (non-hydrogen) atoms. The molecule has 7 heteroatoms. The highest BCUT2D eigenvalue weighted by Crippen LogP contribution is 2.27. The normalized spacial score (nSPS) is 15.1. The highest BCUT2D eigenvalue weighted by Gasteiger charge is 2.28. The number of nitrogens with one attached hydrogen (secondary N) is 1. The zero-order valence-electron chi connectivity index (χ0n) is 15.6. The molecule has 1 fully saturated rings. The van der Waals surface area contributed by atoms with E-state index in [0.717, 1.165) is 29.7 Å². The summed E-state index contributed by atoms with van der Waals surface area (Å²) in [5.41, 5.74) is 2.44. The van der Waals surface area contributed by atoms with Gasteiger partial charge in [0.25, 0.3) is 10.0 Å². The zero-order chi connectivity index (χ0) is 19.3. The van der Waals surface area contributed by atoms with Crippen LogP contribution in [-0.2, 0) is 34.2 Å². The SMILES string of the molecule is CCc1ccc(CCC(=O)NCc2ccc(S(=O)(=O)N3CCCC3)s2)cc1. The number of hydrogen-bond donors (Lipinski definition) is 1. The van der Waals surface area contributed by atoms with Crippen LogP contribution in [0.1, 0.15) is 42.2 Å². The van der Waals surface area contributed by atoms with Gasteiger partial charge in [-0.15, -0.1) is 11.3 Å². The zero-order valence-corrected chi connectivity index (χ0v) is 17.2. The second-order valence-corrected chi connectivity index (χ2v) is 10.1. The Balaban J connectivity index is 1.48. The number of benzene rings is 1. The average Bonchev–Trinajstić information content (AvgIpc) is 3.37. The van der Waals surface area contributed by atoms with E-state index in [2.05, 4.69) is 36.5 Å². The molecule has 2 heterocycles. The minimum absolute atomic E-state index is 0.0214. The van der Waals surface area contributed by atoms with Crippen LogP contribution >= 0.6 is 11.3 Å². The molecule has 0 unspecified atom stereocenters. The van der Waals surface area contributed by atoms with Crippen molar-refractivity contribution in [3.8, 4) is 0 Å². The Kier molecular flexibility index (Phi) is 6.68. The van der Waals surface area contributed by atoms with E-state index in [4.69, 9.17) is 0 Å². The third kappa shape index (κ3) is 5.18. The van der Waals surface area contributed by atoms with Gasteiger partial charge in [0.15, 0.2) is 0 Å². The molecule has 1 aliphatic rings. The maximum absolute atomic E-state index is 12.5. The number of nitrogens with zero attached hydrogens (tertiary/aromatic N) is 1. The second kappa shape index (κ2) is 8.99. The molecule has 0 atom stereocenters. The lowest BCUT2D eigenvalue weighted by atomic mass is 10.1. The summed E-state index contributed by atoms with van der Waals surface area (Å²) in [6.07, 6.45) is 3.99. The molecule has 1 amide bonds. The Morgan fingerprint density at radius 3 is 2.41 bits per heavy atom. The molecule has 2 aromatic rings. The number of rotatable bonds is 8. The van der Waals surface area contributed by atoms with Gasteiger partial charge in [0.2, 0.25) is 5.91 Å². The molecule has 1 aliphatic heterocycles. The van der Waals surface area contributed by atoms with Gasteiger partial charge in [-0.1, -0.05) is 31.2 Å². The van der Waals surface area contributed by atoms with Gasteiger partial charge >= 0.3 is 0 Å². The summed E-state index contributed by atoms with van der Waals surface area (Å²) in [5.74, 6) is -0.0214. The Bertz CT molecular complexity index is 867. The number of amides is 1. The Labute approximate surface area is 165 Å². The second-order valence-electron chi connectivity index (χ2n) is 6.78. The van der Waals surface area contributed by atoms with E-state index < -0.39 is 10.0 Å². The summed E-state index contributed by atoms with van der Waals surface area (Å²) in [4.78, 5) is 12.9. The van der Waals surface area contributed by atoms with Crippen LogP contribution in [0, 0.1) is 0 Å². The van der Waals surface area contributed by atoms with Gasteiger partial charge in [0.05, 0.1) is 6.54 Å². The molecule has 1 aromatic heterocycles. The van der Waals surface area contributed by atoms with Crippen molar-refractivity contribution in [2.75, 3.05) is 13.1 Å². The molecule has 5 nitrogen and oxygen atoms in total. The molecule has 1 saturated heterocycles.